The van der Waals surface area contributed by atoms with E-state index in [-0.39, 0.29) is 12.4 Å². The van der Waals surface area contributed by atoms with Crippen molar-refractivity contribution < 1.29 is 19.0 Å². The summed E-state index contributed by atoms with van der Waals surface area (Å²) in [5.41, 5.74) is 0.799. The van der Waals surface area contributed by atoms with Crippen molar-refractivity contribution in [1.29, 1.82) is 0 Å². The summed E-state index contributed by atoms with van der Waals surface area (Å²) in [5.74, 6) is -0.270. The van der Waals surface area contributed by atoms with Crippen molar-refractivity contribution >= 4 is 28.3 Å². The summed E-state index contributed by atoms with van der Waals surface area (Å²) in [4.78, 5) is 0. The second kappa shape index (κ2) is 8.63. The minimum absolute atomic E-state index is 0.244. The Morgan fingerprint density at radius 2 is 2.22 bits per heavy atom. The van der Waals surface area contributed by atoms with E-state index in [0.29, 0.717) is 19.8 Å². The summed E-state index contributed by atoms with van der Waals surface area (Å²) in [7, 11) is 1.60. The highest BCUT2D eigenvalue weighted by atomic mass is 127. The van der Waals surface area contributed by atoms with E-state index in [0.717, 1.165) is 9.26 Å². The van der Waals surface area contributed by atoms with Crippen LogP contribution in [0.4, 0.5) is 10.1 Å². The van der Waals surface area contributed by atoms with Crippen LogP contribution >= 0.6 is 22.6 Å². The summed E-state index contributed by atoms with van der Waals surface area (Å²) in [6.07, 6.45) is -0.609. The number of anilines is 1. The smallest absolute Gasteiger partial charge is 0.124 e. The number of halogens is 2. The molecule has 1 rings (SSSR count). The molecule has 2 N–H and O–H groups in total. The van der Waals surface area contributed by atoms with Gasteiger partial charge in [0.15, 0.2) is 0 Å². The van der Waals surface area contributed by atoms with Crippen LogP contribution in [-0.4, -0.2) is 44.7 Å². The van der Waals surface area contributed by atoms with Gasteiger partial charge in [0.25, 0.3) is 0 Å². The average molecular weight is 369 g/mol. The minimum atomic E-state index is -0.609. The summed E-state index contributed by atoms with van der Waals surface area (Å²) in [6, 6.07) is 4.46. The van der Waals surface area contributed by atoms with E-state index in [1.165, 1.54) is 12.1 Å². The maximum absolute atomic E-state index is 12.9. The molecule has 102 valence electrons. The van der Waals surface area contributed by atoms with Gasteiger partial charge in [0.2, 0.25) is 0 Å². The second-order valence-corrected chi connectivity index (χ2v) is 4.89. The molecule has 6 heteroatoms. The lowest BCUT2D eigenvalue weighted by Gasteiger charge is -2.14. The molecular formula is C12H17FINO3. The van der Waals surface area contributed by atoms with Gasteiger partial charge in [0, 0.05) is 22.9 Å². The molecule has 0 spiro atoms. The fraction of sp³-hybridized carbons (Fsp3) is 0.500. The average Bonchev–Trinajstić information content (AvgIpc) is 2.33. The summed E-state index contributed by atoms with van der Waals surface area (Å²) in [5, 5.41) is 12.7. The zero-order valence-electron chi connectivity index (χ0n) is 10.2. The molecule has 4 nitrogen and oxygen atoms in total. The van der Waals surface area contributed by atoms with Crippen LogP contribution in [0.15, 0.2) is 18.2 Å². The lowest BCUT2D eigenvalue weighted by molar-refractivity contribution is 0.0182. The predicted molar refractivity (Wildman–Crippen MR) is 76.3 cm³/mol. The zero-order valence-corrected chi connectivity index (χ0v) is 12.3. The van der Waals surface area contributed by atoms with Crippen LogP contribution in [0.25, 0.3) is 0 Å². The number of benzene rings is 1. The van der Waals surface area contributed by atoms with Crippen LogP contribution in [-0.2, 0) is 9.47 Å². The Hall–Kier alpha value is -0.440. The van der Waals surface area contributed by atoms with Crippen LogP contribution in [0, 0.1) is 9.39 Å². The molecular weight excluding hydrogens is 352 g/mol. The first-order chi connectivity index (χ1) is 8.63. The van der Waals surface area contributed by atoms with Crippen LogP contribution in [0.1, 0.15) is 0 Å². The van der Waals surface area contributed by atoms with Gasteiger partial charge in [-0.2, -0.15) is 0 Å². The molecule has 1 aromatic rings. The Balaban J connectivity index is 2.27. The lowest BCUT2D eigenvalue weighted by atomic mass is 10.3. The maximum atomic E-state index is 12.9. The van der Waals surface area contributed by atoms with E-state index in [9.17, 15) is 9.50 Å². The van der Waals surface area contributed by atoms with Crippen LogP contribution in [0.5, 0.6) is 0 Å². The first-order valence-corrected chi connectivity index (χ1v) is 6.65. The number of aliphatic hydroxyl groups excluding tert-OH is 1. The molecule has 0 aliphatic heterocycles. The number of methoxy groups -OCH3 is 1. The van der Waals surface area contributed by atoms with Gasteiger partial charge in [-0.15, -0.1) is 0 Å². The van der Waals surface area contributed by atoms with Gasteiger partial charge < -0.3 is 19.9 Å². The quantitative estimate of drug-likeness (QED) is 0.543. The molecule has 0 amide bonds. The van der Waals surface area contributed by atoms with E-state index in [1.54, 1.807) is 13.2 Å². The number of rotatable bonds is 8. The molecule has 0 heterocycles. The van der Waals surface area contributed by atoms with Gasteiger partial charge in [-0.25, -0.2) is 4.39 Å². The third-order valence-electron chi connectivity index (χ3n) is 2.20. The highest BCUT2D eigenvalue weighted by molar-refractivity contribution is 14.1. The monoisotopic (exact) mass is 369 g/mol. The van der Waals surface area contributed by atoms with Gasteiger partial charge in [0.05, 0.1) is 25.9 Å². The van der Waals surface area contributed by atoms with Crippen molar-refractivity contribution in [3.8, 4) is 0 Å². The maximum Gasteiger partial charge on any atom is 0.124 e. The number of nitrogens with one attached hydrogen (secondary N) is 1. The summed E-state index contributed by atoms with van der Waals surface area (Å²) >= 11 is 2.04. The topological polar surface area (TPSA) is 50.7 Å². The third-order valence-corrected chi connectivity index (χ3v) is 3.09. The fourth-order valence-corrected chi connectivity index (χ4v) is 1.95. The Morgan fingerprint density at radius 3 is 2.89 bits per heavy atom. The minimum Gasteiger partial charge on any atom is -0.389 e. The zero-order chi connectivity index (χ0) is 13.4. The first-order valence-electron chi connectivity index (χ1n) is 5.57. The number of aliphatic hydroxyl groups is 1. The van der Waals surface area contributed by atoms with Gasteiger partial charge in [-0.05, 0) is 40.8 Å². The van der Waals surface area contributed by atoms with Crippen molar-refractivity contribution in [3.63, 3.8) is 0 Å². The molecule has 0 fully saturated rings. The summed E-state index contributed by atoms with van der Waals surface area (Å²) in [6.45, 7) is 1.57. The lowest BCUT2D eigenvalue weighted by Crippen LogP contribution is -2.25. The number of hydrogen-bond acceptors (Lipinski definition) is 4. The largest absolute Gasteiger partial charge is 0.389 e. The third kappa shape index (κ3) is 5.94. The highest BCUT2D eigenvalue weighted by Crippen LogP contribution is 2.18. The Bertz CT molecular complexity index is 365. The molecule has 0 aromatic heterocycles. The highest BCUT2D eigenvalue weighted by Gasteiger charge is 2.06. The van der Waals surface area contributed by atoms with Crippen LogP contribution in [0.2, 0.25) is 0 Å². The second-order valence-electron chi connectivity index (χ2n) is 3.73. The molecule has 0 saturated carbocycles. The van der Waals surface area contributed by atoms with E-state index in [2.05, 4.69) is 5.32 Å². The normalized spacial score (nSPS) is 12.4. The van der Waals surface area contributed by atoms with E-state index in [1.807, 2.05) is 22.6 Å². The Kier molecular flexibility index (Phi) is 7.48. The predicted octanol–water partition coefficient (Wildman–Crippen LogP) is 1.87. The molecule has 0 aliphatic carbocycles. The van der Waals surface area contributed by atoms with E-state index in [4.69, 9.17) is 9.47 Å². The van der Waals surface area contributed by atoms with E-state index >= 15 is 0 Å². The van der Waals surface area contributed by atoms with Crippen molar-refractivity contribution in [1.82, 2.24) is 0 Å². The SMILES string of the molecule is COCCOCC(O)CNc1ccc(F)cc1I. The standard InChI is InChI=1S/C12H17FINO3/c1-17-4-5-18-8-10(16)7-15-12-3-2-9(13)6-11(12)14/h2-3,6,10,15-16H,4-5,7-8H2,1H3. The van der Waals surface area contributed by atoms with Gasteiger partial charge in [-0.1, -0.05) is 0 Å². The first kappa shape index (κ1) is 15.6. The van der Waals surface area contributed by atoms with Crippen molar-refractivity contribution in [2.75, 3.05) is 38.8 Å². The molecule has 0 aliphatic rings. The van der Waals surface area contributed by atoms with Gasteiger partial charge in [0.1, 0.15) is 5.82 Å². The van der Waals surface area contributed by atoms with Crippen LogP contribution < -0.4 is 5.32 Å². The Morgan fingerprint density at radius 1 is 1.44 bits per heavy atom. The molecule has 1 aromatic carbocycles. The molecule has 1 unspecified atom stereocenters. The Labute approximate surface area is 120 Å². The fourth-order valence-electron chi connectivity index (χ4n) is 1.28. The number of hydrogen-bond donors (Lipinski definition) is 2. The van der Waals surface area contributed by atoms with Gasteiger partial charge >= 0.3 is 0 Å². The van der Waals surface area contributed by atoms with Crippen LogP contribution in [0.3, 0.4) is 0 Å². The van der Waals surface area contributed by atoms with Crippen molar-refractivity contribution in [2.45, 2.75) is 6.10 Å². The van der Waals surface area contributed by atoms with Crippen molar-refractivity contribution in [2.24, 2.45) is 0 Å². The molecule has 0 saturated heterocycles. The van der Waals surface area contributed by atoms with Gasteiger partial charge in [-0.3, -0.25) is 0 Å². The van der Waals surface area contributed by atoms with E-state index < -0.39 is 6.10 Å². The number of ether oxygens (including phenoxy) is 2. The van der Waals surface area contributed by atoms with Crippen molar-refractivity contribution in [3.05, 3.63) is 27.6 Å². The molecule has 18 heavy (non-hydrogen) atoms. The molecule has 0 bridgehead atoms. The molecule has 1 atom stereocenters. The molecule has 0 radical (unpaired) electrons. The summed E-state index contributed by atoms with van der Waals surface area (Å²) < 4.78 is 23.7.